The van der Waals surface area contributed by atoms with Crippen molar-refractivity contribution in [3.05, 3.63) is 30.1 Å². The lowest BCUT2D eigenvalue weighted by Gasteiger charge is -2.32. The van der Waals surface area contributed by atoms with Gasteiger partial charge in [0.05, 0.1) is 6.04 Å². The third-order valence-electron chi connectivity index (χ3n) is 3.68. The van der Waals surface area contributed by atoms with Crippen LogP contribution < -0.4 is 11.1 Å². The summed E-state index contributed by atoms with van der Waals surface area (Å²) >= 11 is 0. The molecule has 1 atom stereocenters. The Bertz CT molecular complexity index is 508. The van der Waals surface area contributed by atoms with Gasteiger partial charge in [0.2, 0.25) is 11.8 Å². The van der Waals surface area contributed by atoms with Crippen LogP contribution in [0.4, 0.5) is 10.1 Å². The van der Waals surface area contributed by atoms with Gasteiger partial charge in [0.25, 0.3) is 0 Å². The summed E-state index contributed by atoms with van der Waals surface area (Å²) in [7, 11) is 0. The van der Waals surface area contributed by atoms with Crippen molar-refractivity contribution < 1.29 is 14.0 Å². The van der Waals surface area contributed by atoms with Crippen molar-refractivity contribution in [1.29, 1.82) is 0 Å². The van der Waals surface area contributed by atoms with Gasteiger partial charge < -0.3 is 16.0 Å². The Morgan fingerprint density at radius 3 is 2.38 bits per heavy atom. The van der Waals surface area contributed by atoms with Crippen LogP contribution in [0.2, 0.25) is 0 Å². The van der Waals surface area contributed by atoms with E-state index in [9.17, 15) is 14.0 Å². The van der Waals surface area contributed by atoms with Crippen LogP contribution in [0.1, 0.15) is 19.8 Å². The standard InChI is InChI=1S/C15H20FN3O2/c1-10(17)15(21)19-8-6-11(7-9-19)14(20)18-13-4-2-12(16)3-5-13/h2-5,10-11H,6-9,17H2,1H3,(H,18,20)/t10-/m1/s1. The highest BCUT2D eigenvalue weighted by molar-refractivity contribution is 5.92. The molecule has 3 N–H and O–H groups in total. The molecular formula is C15H20FN3O2. The number of amides is 2. The minimum atomic E-state index is -0.505. The van der Waals surface area contributed by atoms with E-state index in [-0.39, 0.29) is 23.5 Å². The molecule has 2 amide bonds. The van der Waals surface area contributed by atoms with Gasteiger partial charge in [-0.05, 0) is 44.0 Å². The average Bonchev–Trinajstić information content (AvgIpc) is 2.49. The predicted molar refractivity (Wildman–Crippen MR) is 78.0 cm³/mol. The number of halogens is 1. The third-order valence-corrected chi connectivity index (χ3v) is 3.68. The minimum Gasteiger partial charge on any atom is -0.341 e. The number of anilines is 1. The van der Waals surface area contributed by atoms with Crippen molar-refractivity contribution in [1.82, 2.24) is 4.90 Å². The van der Waals surface area contributed by atoms with Crippen molar-refractivity contribution in [2.75, 3.05) is 18.4 Å². The van der Waals surface area contributed by atoms with Gasteiger partial charge in [-0.25, -0.2) is 4.39 Å². The van der Waals surface area contributed by atoms with Gasteiger partial charge in [0.15, 0.2) is 0 Å². The quantitative estimate of drug-likeness (QED) is 0.883. The first-order valence-corrected chi connectivity index (χ1v) is 7.08. The molecule has 114 valence electrons. The highest BCUT2D eigenvalue weighted by Gasteiger charge is 2.28. The minimum absolute atomic E-state index is 0.0765. The summed E-state index contributed by atoms with van der Waals surface area (Å²) < 4.78 is 12.8. The van der Waals surface area contributed by atoms with E-state index in [4.69, 9.17) is 5.73 Å². The lowest BCUT2D eigenvalue weighted by atomic mass is 9.95. The van der Waals surface area contributed by atoms with Gasteiger partial charge in [-0.15, -0.1) is 0 Å². The van der Waals surface area contributed by atoms with Gasteiger partial charge in [-0.3, -0.25) is 9.59 Å². The van der Waals surface area contributed by atoms with Crippen LogP contribution in [-0.4, -0.2) is 35.8 Å². The Morgan fingerprint density at radius 1 is 1.29 bits per heavy atom. The largest absolute Gasteiger partial charge is 0.341 e. The Labute approximate surface area is 123 Å². The number of likely N-dealkylation sites (tertiary alicyclic amines) is 1. The summed E-state index contributed by atoms with van der Waals surface area (Å²) in [6.07, 6.45) is 1.23. The number of piperidine rings is 1. The normalized spacial score (nSPS) is 17.4. The summed E-state index contributed by atoms with van der Waals surface area (Å²) in [5.74, 6) is -0.634. The van der Waals surface area contributed by atoms with Crippen LogP contribution in [0.5, 0.6) is 0 Å². The molecule has 6 heteroatoms. The molecular weight excluding hydrogens is 273 g/mol. The van der Waals surface area contributed by atoms with E-state index >= 15 is 0 Å². The Hall–Kier alpha value is -1.95. The monoisotopic (exact) mass is 293 g/mol. The fourth-order valence-electron chi connectivity index (χ4n) is 2.43. The van der Waals surface area contributed by atoms with E-state index in [0.29, 0.717) is 31.6 Å². The van der Waals surface area contributed by atoms with E-state index < -0.39 is 6.04 Å². The van der Waals surface area contributed by atoms with Gasteiger partial charge in [0.1, 0.15) is 5.82 Å². The molecule has 1 aliphatic heterocycles. The van der Waals surface area contributed by atoms with Crippen molar-refractivity contribution in [2.45, 2.75) is 25.8 Å². The number of nitrogens with zero attached hydrogens (tertiary/aromatic N) is 1. The van der Waals surface area contributed by atoms with Gasteiger partial charge in [-0.2, -0.15) is 0 Å². The topological polar surface area (TPSA) is 75.4 Å². The molecule has 1 heterocycles. The molecule has 1 aromatic rings. The van der Waals surface area contributed by atoms with E-state index in [2.05, 4.69) is 5.32 Å². The highest BCUT2D eigenvalue weighted by atomic mass is 19.1. The number of rotatable bonds is 3. The molecule has 0 spiro atoms. The first-order chi connectivity index (χ1) is 9.97. The molecule has 0 bridgehead atoms. The molecule has 1 fully saturated rings. The first-order valence-electron chi connectivity index (χ1n) is 7.08. The third kappa shape index (κ3) is 4.01. The fourth-order valence-corrected chi connectivity index (χ4v) is 2.43. The van der Waals surface area contributed by atoms with Crippen LogP contribution >= 0.6 is 0 Å². The molecule has 0 saturated carbocycles. The van der Waals surface area contributed by atoms with Crippen molar-refractivity contribution in [3.8, 4) is 0 Å². The molecule has 1 aromatic carbocycles. The van der Waals surface area contributed by atoms with E-state index in [0.717, 1.165) is 0 Å². The second-order valence-corrected chi connectivity index (χ2v) is 5.38. The zero-order valence-electron chi connectivity index (χ0n) is 12.0. The average molecular weight is 293 g/mol. The first kappa shape index (κ1) is 15.4. The number of hydrogen-bond acceptors (Lipinski definition) is 3. The number of carbonyl (C=O) groups excluding carboxylic acids is 2. The summed E-state index contributed by atoms with van der Waals surface area (Å²) in [5, 5.41) is 2.77. The van der Waals surface area contributed by atoms with Crippen LogP contribution in [0.15, 0.2) is 24.3 Å². The van der Waals surface area contributed by atoms with E-state index in [1.54, 1.807) is 11.8 Å². The number of benzene rings is 1. The smallest absolute Gasteiger partial charge is 0.239 e. The summed E-state index contributed by atoms with van der Waals surface area (Å²) in [4.78, 5) is 25.6. The zero-order valence-corrected chi connectivity index (χ0v) is 12.0. The summed E-state index contributed by atoms with van der Waals surface area (Å²) in [6, 6.07) is 5.16. The van der Waals surface area contributed by atoms with Crippen LogP contribution in [-0.2, 0) is 9.59 Å². The number of nitrogens with two attached hydrogens (primary N) is 1. The SMILES string of the molecule is C[C@@H](N)C(=O)N1CCC(C(=O)Nc2ccc(F)cc2)CC1. The van der Waals surface area contributed by atoms with Crippen molar-refractivity contribution in [3.63, 3.8) is 0 Å². The molecule has 0 unspecified atom stereocenters. The molecule has 2 rings (SSSR count). The molecule has 1 aliphatic rings. The van der Waals surface area contributed by atoms with Gasteiger partial charge in [-0.1, -0.05) is 0 Å². The maximum absolute atomic E-state index is 12.8. The Kier molecular flexibility index (Phi) is 4.90. The van der Waals surface area contributed by atoms with Crippen molar-refractivity contribution >= 4 is 17.5 Å². The molecule has 5 nitrogen and oxygen atoms in total. The van der Waals surface area contributed by atoms with Crippen LogP contribution in [0, 0.1) is 11.7 Å². The Balaban J connectivity index is 1.86. The highest BCUT2D eigenvalue weighted by Crippen LogP contribution is 2.20. The molecule has 0 aliphatic carbocycles. The number of carbonyl (C=O) groups is 2. The number of hydrogen-bond donors (Lipinski definition) is 2. The van der Waals surface area contributed by atoms with Gasteiger partial charge >= 0.3 is 0 Å². The molecule has 21 heavy (non-hydrogen) atoms. The maximum atomic E-state index is 12.8. The van der Waals surface area contributed by atoms with Crippen LogP contribution in [0.3, 0.4) is 0 Å². The number of nitrogens with one attached hydrogen (secondary N) is 1. The van der Waals surface area contributed by atoms with Crippen LogP contribution in [0.25, 0.3) is 0 Å². The second-order valence-electron chi connectivity index (χ2n) is 5.38. The fraction of sp³-hybridized carbons (Fsp3) is 0.467. The van der Waals surface area contributed by atoms with E-state index in [1.165, 1.54) is 24.3 Å². The molecule has 0 radical (unpaired) electrons. The lowest BCUT2D eigenvalue weighted by molar-refractivity contribution is -0.135. The summed E-state index contributed by atoms with van der Waals surface area (Å²) in [6.45, 7) is 2.75. The van der Waals surface area contributed by atoms with E-state index in [1.807, 2.05) is 0 Å². The molecule has 0 aromatic heterocycles. The zero-order chi connectivity index (χ0) is 15.4. The van der Waals surface area contributed by atoms with Crippen molar-refractivity contribution in [2.24, 2.45) is 11.7 Å². The van der Waals surface area contributed by atoms with Gasteiger partial charge in [0, 0.05) is 24.7 Å². The predicted octanol–water partition coefficient (Wildman–Crippen LogP) is 1.35. The maximum Gasteiger partial charge on any atom is 0.239 e. The lowest BCUT2D eigenvalue weighted by Crippen LogP contribution is -2.47. The summed E-state index contributed by atoms with van der Waals surface area (Å²) in [5.41, 5.74) is 6.15. The Morgan fingerprint density at radius 2 is 1.86 bits per heavy atom. The second kappa shape index (κ2) is 6.67. The molecule has 1 saturated heterocycles.